The first kappa shape index (κ1) is 18.2. The van der Waals surface area contributed by atoms with E-state index in [0.717, 1.165) is 5.92 Å². The molecule has 2 rings (SSSR count). The minimum Gasteiger partial charge on any atom is -0.316 e. The highest BCUT2D eigenvalue weighted by atomic mass is 35.5. The zero-order chi connectivity index (χ0) is 11.2. The summed E-state index contributed by atoms with van der Waals surface area (Å²) in [5.41, 5.74) is 1.68. The minimum atomic E-state index is 0. The van der Waals surface area contributed by atoms with E-state index >= 15 is 0 Å². The van der Waals surface area contributed by atoms with Crippen LogP contribution in [0.5, 0.6) is 0 Å². The number of likely N-dealkylation sites (N-methyl/N-ethyl adjacent to an activating group) is 1. The lowest BCUT2D eigenvalue weighted by molar-refractivity contribution is 0.254. The molecule has 1 fully saturated rings. The molecule has 0 radical (unpaired) electrons. The number of hydrogen-bond acceptors (Lipinski definition) is 2. The van der Waals surface area contributed by atoms with Crippen LogP contribution in [0.3, 0.4) is 0 Å². The first-order valence-corrected chi connectivity index (χ1v) is 6.92. The van der Waals surface area contributed by atoms with Crippen LogP contribution in [0, 0.1) is 5.92 Å². The van der Waals surface area contributed by atoms with Gasteiger partial charge in [-0.05, 0) is 64.6 Å². The van der Waals surface area contributed by atoms with Crippen LogP contribution in [-0.4, -0.2) is 38.1 Å². The van der Waals surface area contributed by atoms with Crippen LogP contribution in [0.1, 0.15) is 38.5 Å². The smallest absolute Gasteiger partial charge is 0.0189 e. The fourth-order valence-electron chi connectivity index (χ4n) is 2.98. The molecule has 1 atom stereocenters. The molecular weight excluding hydrogens is 267 g/mol. The topological polar surface area (TPSA) is 15.3 Å². The van der Waals surface area contributed by atoms with Gasteiger partial charge < -0.3 is 10.2 Å². The van der Waals surface area contributed by atoms with Crippen molar-refractivity contribution in [1.82, 2.24) is 10.2 Å². The van der Waals surface area contributed by atoms with Gasteiger partial charge in [0.05, 0.1) is 0 Å². The van der Waals surface area contributed by atoms with Crippen LogP contribution in [0.2, 0.25) is 0 Å². The van der Waals surface area contributed by atoms with Gasteiger partial charge in [-0.3, -0.25) is 0 Å². The maximum Gasteiger partial charge on any atom is 0.0189 e. The van der Waals surface area contributed by atoms with Crippen molar-refractivity contribution in [2.45, 2.75) is 38.5 Å². The van der Waals surface area contributed by atoms with E-state index in [2.05, 4.69) is 23.3 Å². The summed E-state index contributed by atoms with van der Waals surface area (Å²) in [4.78, 5) is 2.52. The molecule has 1 aliphatic carbocycles. The van der Waals surface area contributed by atoms with Crippen LogP contribution in [0.15, 0.2) is 11.6 Å². The Bertz CT molecular complexity index is 238. The Morgan fingerprint density at radius 1 is 1.28 bits per heavy atom. The molecule has 0 aromatic rings. The number of rotatable bonds is 4. The molecule has 2 aliphatic rings. The van der Waals surface area contributed by atoms with E-state index in [-0.39, 0.29) is 24.8 Å². The monoisotopic (exact) mass is 294 g/mol. The van der Waals surface area contributed by atoms with Gasteiger partial charge in [-0.25, -0.2) is 0 Å². The van der Waals surface area contributed by atoms with E-state index in [9.17, 15) is 0 Å². The van der Waals surface area contributed by atoms with Gasteiger partial charge in [0.25, 0.3) is 0 Å². The molecule has 18 heavy (non-hydrogen) atoms. The van der Waals surface area contributed by atoms with Crippen molar-refractivity contribution >= 4 is 24.8 Å². The Hall–Kier alpha value is 0.240. The lowest BCUT2D eigenvalue weighted by atomic mass is 9.97. The van der Waals surface area contributed by atoms with Gasteiger partial charge >= 0.3 is 0 Å². The number of nitrogens with one attached hydrogen (secondary N) is 1. The molecule has 0 amide bonds. The lowest BCUT2D eigenvalue weighted by Crippen LogP contribution is -2.37. The zero-order valence-corrected chi connectivity index (χ0v) is 13.1. The first-order chi connectivity index (χ1) is 7.84. The Morgan fingerprint density at radius 2 is 2.11 bits per heavy atom. The summed E-state index contributed by atoms with van der Waals surface area (Å²) < 4.78 is 0. The van der Waals surface area contributed by atoms with Crippen molar-refractivity contribution in [3.63, 3.8) is 0 Å². The Morgan fingerprint density at radius 3 is 2.72 bits per heavy atom. The molecule has 0 spiro atoms. The molecule has 0 aromatic heterocycles. The van der Waals surface area contributed by atoms with Crippen molar-refractivity contribution < 1.29 is 0 Å². The summed E-state index contributed by atoms with van der Waals surface area (Å²) in [5.74, 6) is 0.878. The van der Waals surface area contributed by atoms with E-state index in [1.165, 1.54) is 64.7 Å². The molecule has 0 aromatic carbocycles. The fourth-order valence-corrected chi connectivity index (χ4v) is 2.98. The van der Waals surface area contributed by atoms with Gasteiger partial charge in [0, 0.05) is 13.1 Å². The standard InChI is InChI=1S/C14H26N2.2ClH/c1-16(11-13-6-3-2-4-7-13)12-14-8-5-9-15-10-14;;/h6,14-15H,2-5,7-12H2,1H3;2*1H. The fraction of sp³-hybridized carbons (Fsp3) is 0.857. The van der Waals surface area contributed by atoms with Crippen LogP contribution < -0.4 is 5.32 Å². The summed E-state index contributed by atoms with van der Waals surface area (Å²) in [6.45, 7) is 4.93. The predicted octanol–water partition coefficient (Wildman–Crippen LogP) is 3.26. The quantitative estimate of drug-likeness (QED) is 0.801. The van der Waals surface area contributed by atoms with Gasteiger partial charge in [0.1, 0.15) is 0 Å². The lowest BCUT2D eigenvalue weighted by Gasteiger charge is -2.28. The van der Waals surface area contributed by atoms with Crippen LogP contribution >= 0.6 is 24.8 Å². The predicted molar refractivity (Wildman–Crippen MR) is 84.1 cm³/mol. The summed E-state index contributed by atoms with van der Waals surface area (Å²) in [6, 6.07) is 0. The zero-order valence-electron chi connectivity index (χ0n) is 11.5. The number of halogens is 2. The molecular formula is C14H28Cl2N2. The molecule has 1 saturated heterocycles. The van der Waals surface area contributed by atoms with E-state index in [1.807, 2.05) is 0 Å². The highest BCUT2D eigenvalue weighted by Crippen LogP contribution is 2.19. The molecule has 4 heteroatoms. The van der Waals surface area contributed by atoms with E-state index in [1.54, 1.807) is 5.57 Å². The van der Waals surface area contributed by atoms with Crippen LogP contribution in [-0.2, 0) is 0 Å². The van der Waals surface area contributed by atoms with Crippen molar-refractivity contribution in [1.29, 1.82) is 0 Å². The Labute approximate surface area is 124 Å². The second kappa shape index (κ2) is 10.1. The number of nitrogens with zero attached hydrogens (tertiary/aromatic N) is 1. The molecule has 108 valence electrons. The molecule has 1 unspecified atom stereocenters. The van der Waals surface area contributed by atoms with Gasteiger partial charge in [-0.15, -0.1) is 24.8 Å². The molecule has 0 saturated carbocycles. The maximum atomic E-state index is 3.50. The van der Waals surface area contributed by atoms with Crippen molar-refractivity contribution in [2.75, 3.05) is 33.2 Å². The number of hydrogen-bond donors (Lipinski definition) is 1. The normalized spacial score (nSPS) is 23.9. The molecule has 0 bridgehead atoms. The maximum absolute atomic E-state index is 3.50. The summed E-state index contributed by atoms with van der Waals surface area (Å²) in [5, 5.41) is 3.50. The van der Waals surface area contributed by atoms with Gasteiger partial charge in [-0.1, -0.05) is 11.6 Å². The summed E-state index contributed by atoms with van der Waals surface area (Å²) in [6.07, 6.45) is 10.7. The molecule has 1 N–H and O–H groups in total. The molecule has 1 heterocycles. The largest absolute Gasteiger partial charge is 0.316 e. The van der Waals surface area contributed by atoms with Crippen molar-refractivity contribution in [3.05, 3.63) is 11.6 Å². The Kier molecular flexibility index (Phi) is 10.2. The van der Waals surface area contributed by atoms with E-state index in [4.69, 9.17) is 0 Å². The Balaban J connectivity index is 0.00000144. The highest BCUT2D eigenvalue weighted by Gasteiger charge is 2.15. The highest BCUT2D eigenvalue weighted by molar-refractivity contribution is 5.85. The average molecular weight is 295 g/mol. The summed E-state index contributed by atoms with van der Waals surface area (Å²) in [7, 11) is 2.28. The summed E-state index contributed by atoms with van der Waals surface area (Å²) >= 11 is 0. The van der Waals surface area contributed by atoms with Crippen LogP contribution in [0.25, 0.3) is 0 Å². The second-order valence-electron chi connectivity index (χ2n) is 5.52. The molecule has 2 nitrogen and oxygen atoms in total. The van der Waals surface area contributed by atoms with Crippen LogP contribution in [0.4, 0.5) is 0 Å². The average Bonchev–Trinajstić information content (AvgIpc) is 2.31. The molecule has 1 aliphatic heterocycles. The van der Waals surface area contributed by atoms with Crippen molar-refractivity contribution in [2.24, 2.45) is 5.92 Å². The third-order valence-electron chi connectivity index (χ3n) is 3.83. The minimum absolute atomic E-state index is 0. The SMILES string of the molecule is CN(CC1=CCCCC1)CC1CCCNC1.Cl.Cl. The van der Waals surface area contributed by atoms with E-state index < -0.39 is 0 Å². The third-order valence-corrected chi connectivity index (χ3v) is 3.83. The van der Waals surface area contributed by atoms with Gasteiger partial charge in [-0.2, -0.15) is 0 Å². The first-order valence-electron chi connectivity index (χ1n) is 6.92. The second-order valence-corrected chi connectivity index (χ2v) is 5.52. The number of allylic oxidation sites excluding steroid dienone is 1. The third kappa shape index (κ3) is 6.42. The van der Waals surface area contributed by atoms with Crippen molar-refractivity contribution in [3.8, 4) is 0 Å². The number of piperidine rings is 1. The van der Waals surface area contributed by atoms with Gasteiger partial charge in [0.15, 0.2) is 0 Å². The van der Waals surface area contributed by atoms with Gasteiger partial charge in [0.2, 0.25) is 0 Å². The van der Waals surface area contributed by atoms with E-state index in [0.29, 0.717) is 0 Å².